The minimum absolute atomic E-state index is 0.355. The molecule has 0 amide bonds. The number of ether oxygens (including phenoxy) is 1. The molecule has 1 saturated carbocycles. The number of alkyl halides is 1. The summed E-state index contributed by atoms with van der Waals surface area (Å²) in [6.07, 6.45) is 9.35. The summed E-state index contributed by atoms with van der Waals surface area (Å²) in [6.45, 7) is 12.7. The van der Waals surface area contributed by atoms with E-state index in [-0.39, 0.29) is 0 Å². The van der Waals surface area contributed by atoms with Crippen LogP contribution in [0.2, 0.25) is 0 Å². The van der Waals surface area contributed by atoms with E-state index < -0.39 is 0 Å². The minimum atomic E-state index is 0.355. The standard InChI is InChI=1S/C18H35BrO/c1-6-8-18(13-19,9-7-2)14-20-16-10-15(3)11-17(4,5)12-16/h15-16H,6-14H2,1-5H3. The second-order valence-corrected chi connectivity index (χ2v) is 8.54. The molecule has 0 N–H and O–H groups in total. The third-order valence-electron chi connectivity index (χ3n) is 4.82. The molecule has 0 aromatic heterocycles. The molecule has 1 fully saturated rings. The SMILES string of the molecule is CCCC(CBr)(CCC)COC1CC(C)CC(C)(C)C1. The maximum absolute atomic E-state index is 6.42. The van der Waals surface area contributed by atoms with Crippen LogP contribution in [0.4, 0.5) is 0 Å². The lowest BCUT2D eigenvalue weighted by Crippen LogP contribution is -2.37. The van der Waals surface area contributed by atoms with Crippen molar-refractivity contribution in [2.45, 2.75) is 85.7 Å². The maximum Gasteiger partial charge on any atom is 0.0583 e. The highest BCUT2D eigenvalue weighted by molar-refractivity contribution is 9.09. The van der Waals surface area contributed by atoms with Gasteiger partial charge in [0.15, 0.2) is 0 Å². The summed E-state index contributed by atoms with van der Waals surface area (Å²) < 4.78 is 6.42. The quantitative estimate of drug-likeness (QED) is 0.475. The fraction of sp³-hybridized carbons (Fsp3) is 1.00. The Labute approximate surface area is 135 Å². The highest BCUT2D eigenvalue weighted by Crippen LogP contribution is 2.41. The topological polar surface area (TPSA) is 9.23 Å². The Morgan fingerprint density at radius 2 is 1.75 bits per heavy atom. The molecule has 1 aliphatic rings. The predicted octanol–water partition coefficient (Wildman–Crippen LogP) is 6.20. The average Bonchev–Trinajstić information content (AvgIpc) is 2.34. The van der Waals surface area contributed by atoms with Crippen molar-refractivity contribution in [3.63, 3.8) is 0 Å². The van der Waals surface area contributed by atoms with Crippen LogP contribution in [0, 0.1) is 16.7 Å². The first-order valence-electron chi connectivity index (χ1n) is 8.54. The normalized spacial score (nSPS) is 26.7. The molecule has 2 atom stereocenters. The number of hydrogen-bond acceptors (Lipinski definition) is 1. The van der Waals surface area contributed by atoms with Gasteiger partial charge in [-0.2, -0.15) is 0 Å². The summed E-state index contributed by atoms with van der Waals surface area (Å²) in [5, 5.41) is 1.08. The molecule has 20 heavy (non-hydrogen) atoms. The van der Waals surface area contributed by atoms with Gasteiger partial charge in [-0.3, -0.25) is 0 Å². The van der Waals surface area contributed by atoms with Crippen LogP contribution in [0.1, 0.15) is 79.6 Å². The summed E-state index contributed by atoms with van der Waals surface area (Å²) in [7, 11) is 0. The van der Waals surface area contributed by atoms with Gasteiger partial charge in [-0.15, -0.1) is 0 Å². The molecule has 120 valence electrons. The van der Waals surface area contributed by atoms with Gasteiger partial charge in [-0.25, -0.2) is 0 Å². The van der Waals surface area contributed by atoms with E-state index in [0.717, 1.165) is 17.9 Å². The van der Waals surface area contributed by atoms with Crippen molar-refractivity contribution in [3.05, 3.63) is 0 Å². The summed E-state index contributed by atoms with van der Waals surface area (Å²) >= 11 is 3.75. The van der Waals surface area contributed by atoms with E-state index in [9.17, 15) is 0 Å². The van der Waals surface area contributed by atoms with Crippen LogP contribution in [0.25, 0.3) is 0 Å². The van der Waals surface area contributed by atoms with E-state index in [4.69, 9.17) is 4.74 Å². The molecular formula is C18H35BrO. The van der Waals surface area contributed by atoms with Crippen LogP contribution in [-0.2, 0) is 4.74 Å². The largest absolute Gasteiger partial charge is 0.378 e. The molecule has 1 rings (SSSR count). The number of hydrogen-bond donors (Lipinski definition) is 0. The van der Waals surface area contributed by atoms with Gasteiger partial charge in [0.05, 0.1) is 12.7 Å². The Morgan fingerprint density at radius 1 is 1.15 bits per heavy atom. The Bertz CT molecular complexity index is 269. The summed E-state index contributed by atoms with van der Waals surface area (Å²) in [4.78, 5) is 0. The average molecular weight is 347 g/mol. The van der Waals surface area contributed by atoms with Crippen molar-refractivity contribution in [1.29, 1.82) is 0 Å². The third-order valence-corrected chi connectivity index (χ3v) is 6.01. The van der Waals surface area contributed by atoms with Gasteiger partial charge in [-0.05, 0) is 43.4 Å². The van der Waals surface area contributed by atoms with E-state index in [0.29, 0.717) is 16.9 Å². The molecule has 0 radical (unpaired) electrons. The molecule has 0 heterocycles. The smallest absolute Gasteiger partial charge is 0.0583 e. The van der Waals surface area contributed by atoms with Gasteiger partial charge in [0, 0.05) is 10.7 Å². The Balaban J connectivity index is 2.57. The van der Waals surface area contributed by atoms with Gasteiger partial charge in [0.25, 0.3) is 0 Å². The predicted molar refractivity (Wildman–Crippen MR) is 92.6 cm³/mol. The molecule has 0 aromatic rings. The molecule has 2 unspecified atom stereocenters. The van der Waals surface area contributed by atoms with E-state index in [1.807, 2.05) is 0 Å². The molecule has 0 spiro atoms. The van der Waals surface area contributed by atoms with E-state index in [1.165, 1.54) is 44.9 Å². The highest BCUT2D eigenvalue weighted by Gasteiger charge is 2.35. The van der Waals surface area contributed by atoms with Crippen molar-refractivity contribution >= 4 is 15.9 Å². The molecule has 1 nitrogen and oxygen atoms in total. The van der Waals surface area contributed by atoms with E-state index in [1.54, 1.807) is 0 Å². The zero-order valence-corrected chi connectivity index (χ0v) is 15.9. The van der Waals surface area contributed by atoms with Crippen LogP contribution in [0.5, 0.6) is 0 Å². The second-order valence-electron chi connectivity index (χ2n) is 7.98. The number of rotatable bonds is 8. The molecule has 2 heteroatoms. The molecule has 0 saturated heterocycles. The van der Waals surface area contributed by atoms with Crippen molar-refractivity contribution in [2.24, 2.45) is 16.7 Å². The Hall–Kier alpha value is 0.440. The lowest BCUT2D eigenvalue weighted by atomic mass is 9.71. The molecular weight excluding hydrogens is 312 g/mol. The van der Waals surface area contributed by atoms with Gasteiger partial charge in [-0.1, -0.05) is 63.4 Å². The summed E-state index contributed by atoms with van der Waals surface area (Å²) in [6, 6.07) is 0. The van der Waals surface area contributed by atoms with Crippen LogP contribution < -0.4 is 0 Å². The van der Waals surface area contributed by atoms with Crippen LogP contribution in [-0.4, -0.2) is 18.0 Å². The molecule has 0 aliphatic heterocycles. The van der Waals surface area contributed by atoms with E-state index >= 15 is 0 Å². The third kappa shape index (κ3) is 5.67. The molecule has 0 aromatic carbocycles. The van der Waals surface area contributed by atoms with Crippen molar-refractivity contribution in [2.75, 3.05) is 11.9 Å². The lowest BCUT2D eigenvalue weighted by molar-refractivity contribution is -0.0576. The van der Waals surface area contributed by atoms with Crippen LogP contribution in [0.15, 0.2) is 0 Å². The summed E-state index contributed by atoms with van der Waals surface area (Å²) in [5.41, 5.74) is 0.809. The fourth-order valence-electron chi connectivity index (χ4n) is 4.18. The molecule has 0 bridgehead atoms. The first-order valence-corrected chi connectivity index (χ1v) is 9.66. The second kappa shape index (κ2) is 8.17. The first kappa shape index (κ1) is 18.5. The Kier molecular flexibility index (Phi) is 7.56. The highest BCUT2D eigenvalue weighted by atomic mass is 79.9. The van der Waals surface area contributed by atoms with Crippen LogP contribution in [0.3, 0.4) is 0 Å². The lowest BCUT2D eigenvalue weighted by Gasteiger charge is -2.41. The van der Waals surface area contributed by atoms with Gasteiger partial charge >= 0.3 is 0 Å². The van der Waals surface area contributed by atoms with Gasteiger partial charge < -0.3 is 4.74 Å². The van der Waals surface area contributed by atoms with E-state index in [2.05, 4.69) is 50.5 Å². The fourth-order valence-corrected chi connectivity index (χ4v) is 4.90. The molecule has 1 aliphatic carbocycles. The zero-order valence-electron chi connectivity index (χ0n) is 14.3. The number of halogens is 1. The van der Waals surface area contributed by atoms with Crippen molar-refractivity contribution in [1.82, 2.24) is 0 Å². The van der Waals surface area contributed by atoms with Gasteiger partial charge in [0.2, 0.25) is 0 Å². The van der Waals surface area contributed by atoms with Crippen molar-refractivity contribution < 1.29 is 4.74 Å². The van der Waals surface area contributed by atoms with Gasteiger partial charge in [0.1, 0.15) is 0 Å². The maximum atomic E-state index is 6.42. The zero-order chi connectivity index (χ0) is 15.2. The van der Waals surface area contributed by atoms with Crippen molar-refractivity contribution in [3.8, 4) is 0 Å². The monoisotopic (exact) mass is 346 g/mol. The minimum Gasteiger partial charge on any atom is -0.378 e. The van der Waals surface area contributed by atoms with Crippen LogP contribution >= 0.6 is 15.9 Å². The first-order chi connectivity index (χ1) is 9.36. The Morgan fingerprint density at radius 3 is 2.20 bits per heavy atom. The summed E-state index contributed by atoms with van der Waals surface area (Å²) in [5.74, 6) is 0.805.